The Labute approximate surface area is 191 Å². The molecule has 32 heavy (non-hydrogen) atoms. The number of aliphatic imine (C=N–C) groups is 1. The number of ether oxygens (including phenoxy) is 1. The Balaban J connectivity index is 1.74. The van der Waals surface area contributed by atoms with E-state index in [4.69, 9.17) is 4.74 Å². The number of nitrogens with zero attached hydrogens (tertiary/aromatic N) is 2. The highest BCUT2D eigenvalue weighted by molar-refractivity contribution is 7.90. The Hall–Kier alpha value is -1.97. The highest BCUT2D eigenvalue weighted by Crippen LogP contribution is 2.23. The maximum Gasteiger partial charge on any atom is 0.263 e. The molecule has 1 saturated heterocycles. The summed E-state index contributed by atoms with van der Waals surface area (Å²) in [4.78, 5) is 20.3. The van der Waals surface area contributed by atoms with Crippen molar-refractivity contribution < 1.29 is 17.9 Å². The van der Waals surface area contributed by atoms with E-state index in [0.29, 0.717) is 24.4 Å². The summed E-state index contributed by atoms with van der Waals surface area (Å²) < 4.78 is 32.8. The largest absolute Gasteiger partial charge is 0.379 e. The monoisotopic (exact) mass is 464 g/mol. The molecular formula is C23H36N4O4S. The molecule has 8 nitrogen and oxygen atoms in total. The van der Waals surface area contributed by atoms with E-state index in [2.05, 4.69) is 40.7 Å². The van der Waals surface area contributed by atoms with Gasteiger partial charge >= 0.3 is 0 Å². The number of carbonyl (C=O) groups excluding carboxylic acids is 1. The molecule has 2 aliphatic heterocycles. The predicted octanol–water partition coefficient (Wildman–Crippen LogP) is 2.15. The molecule has 9 heteroatoms. The standard InChI is InChI=1S/C23H36N4O4S/c1-4-5-9-20(25-22-19-8-6-7-10-21(19)32(29,30)26-22)23(28)24-16-18(15-17(2)3)27-11-13-31-14-12-27/h6-8,10,17-18,20H,4-5,9,11-16H2,1-3H3,(H,24,28)(H,25,26). The van der Waals surface area contributed by atoms with Crippen LogP contribution in [0.2, 0.25) is 0 Å². The number of benzene rings is 1. The fourth-order valence-electron chi connectivity index (χ4n) is 4.22. The Kier molecular flexibility index (Phi) is 8.67. The molecule has 0 radical (unpaired) electrons. The Morgan fingerprint density at radius 3 is 2.66 bits per heavy atom. The van der Waals surface area contributed by atoms with Crippen molar-refractivity contribution in [3.63, 3.8) is 0 Å². The van der Waals surface area contributed by atoms with E-state index in [1.165, 1.54) is 0 Å². The maximum atomic E-state index is 13.1. The lowest BCUT2D eigenvalue weighted by Crippen LogP contribution is -2.50. The molecule has 0 spiro atoms. The zero-order valence-electron chi connectivity index (χ0n) is 19.3. The van der Waals surface area contributed by atoms with Crippen molar-refractivity contribution in [1.82, 2.24) is 14.9 Å². The van der Waals surface area contributed by atoms with Gasteiger partial charge in [0, 0.05) is 31.2 Å². The molecule has 1 aromatic carbocycles. The van der Waals surface area contributed by atoms with Crippen LogP contribution in [-0.2, 0) is 19.6 Å². The fraction of sp³-hybridized carbons (Fsp3) is 0.652. The number of hydrogen-bond donors (Lipinski definition) is 2. The second kappa shape index (κ2) is 11.2. The smallest absolute Gasteiger partial charge is 0.263 e. The highest BCUT2D eigenvalue weighted by atomic mass is 32.2. The minimum absolute atomic E-state index is 0.156. The summed E-state index contributed by atoms with van der Waals surface area (Å²) in [5.74, 6) is 0.612. The second-order valence-corrected chi connectivity index (χ2v) is 10.6. The molecule has 0 saturated carbocycles. The predicted molar refractivity (Wildman–Crippen MR) is 125 cm³/mol. The molecule has 1 fully saturated rings. The molecular weight excluding hydrogens is 428 g/mol. The summed E-state index contributed by atoms with van der Waals surface area (Å²) in [5, 5.41) is 3.11. The maximum absolute atomic E-state index is 13.1. The Morgan fingerprint density at radius 1 is 1.25 bits per heavy atom. The quantitative estimate of drug-likeness (QED) is 0.553. The van der Waals surface area contributed by atoms with Crippen LogP contribution in [0.3, 0.4) is 0 Å². The van der Waals surface area contributed by atoms with Crippen molar-refractivity contribution in [2.75, 3.05) is 32.8 Å². The third-order valence-electron chi connectivity index (χ3n) is 5.90. The number of hydrogen-bond acceptors (Lipinski definition) is 6. The first-order valence-electron chi connectivity index (χ1n) is 11.6. The molecule has 1 amide bonds. The van der Waals surface area contributed by atoms with Gasteiger partial charge in [0.1, 0.15) is 11.9 Å². The van der Waals surface area contributed by atoms with Gasteiger partial charge in [0.25, 0.3) is 10.0 Å². The zero-order chi connectivity index (χ0) is 23.1. The van der Waals surface area contributed by atoms with E-state index in [1.807, 2.05) is 0 Å². The molecule has 2 atom stereocenters. The van der Waals surface area contributed by atoms with Crippen LogP contribution in [-0.4, -0.2) is 70.0 Å². The number of rotatable bonds is 10. The first-order chi connectivity index (χ1) is 15.3. The van der Waals surface area contributed by atoms with Gasteiger partial charge in [-0.3, -0.25) is 19.4 Å². The molecule has 2 aliphatic rings. The lowest BCUT2D eigenvalue weighted by atomic mass is 10.0. The average Bonchev–Trinajstić information content (AvgIpc) is 3.04. The van der Waals surface area contributed by atoms with Gasteiger partial charge in [-0.15, -0.1) is 0 Å². The van der Waals surface area contributed by atoms with Crippen molar-refractivity contribution in [2.24, 2.45) is 10.9 Å². The van der Waals surface area contributed by atoms with Crippen molar-refractivity contribution in [3.05, 3.63) is 29.8 Å². The van der Waals surface area contributed by atoms with Crippen LogP contribution in [0.5, 0.6) is 0 Å². The van der Waals surface area contributed by atoms with Crippen LogP contribution in [0.1, 0.15) is 52.0 Å². The van der Waals surface area contributed by atoms with Crippen LogP contribution in [0.15, 0.2) is 34.2 Å². The SMILES string of the molecule is CCCCC(N=C1NS(=O)(=O)c2ccccc21)C(=O)NCC(CC(C)C)N1CCOCC1. The summed E-state index contributed by atoms with van der Waals surface area (Å²) in [6, 6.07) is 6.34. The first kappa shape index (κ1) is 24.7. The lowest BCUT2D eigenvalue weighted by Gasteiger charge is -2.35. The van der Waals surface area contributed by atoms with E-state index in [1.54, 1.807) is 24.3 Å². The van der Waals surface area contributed by atoms with Gasteiger partial charge in [0.15, 0.2) is 0 Å². The minimum Gasteiger partial charge on any atom is -0.379 e. The van der Waals surface area contributed by atoms with Crippen molar-refractivity contribution in [2.45, 2.75) is 63.4 Å². The van der Waals surface area contributed by atoms with Crippen LogP contribution >= 0.6 is 0 Å². The third-order valence-corrected chi connectivity index (χ3v) is 7.30. The number of carbonyl (C=O) groups is 1. The van der Waals surface area contributed by atoms with Crippen molar-refractivity contribution >= 4 is 21.8 Å². The minimum atomic E-state index is -3.63. The Morgan fingerprint density at radius 2 is 1.97 bits per heavy atom. The van der Waals surface area contributed by atoms with Gasteiger partial charge in [-0.05, 0) is 30.9 Å². The molecule has 0 aliphatic carbocycles. The molecule has 1 aromatic rings. The molecule has 0 aromatic heterocycles. The van der Waals surface area contributed by atoms with Gasteiger partial charge < -0.3 is 10.1 Å². The van der Waals surface area contributed by atoms with Crippen LogP contribution in [0.25, 0.3) is 0 Å². The molecule has 2 N–H and O–H groups in total. The number of fused-ring (bicyclic) bond motifs is 1. The number of nitrogens with one attached hydrogen (secondary N) is 2. The lowest BCUT2D eigenvalue weighted by molar-refractivity contribution is -0.122. The van der Waals surface area contributed by atoms with E-state index < -0.39 is 16.1 Å². The number of amides is 1. The van der Waals surface area contributed by atoms with E-state index in [0.717, 1.165) is 45.6 Å². The zero-order valence-corrected chi connectivity index (χ0v) is 20.2. The van der Waals surface area contributed by atoms with Gasteiger partial charge in [-0.1, -0.05) is 45.7 Å². The number of morpholine rings is 1. The number of sulfonamides is 1. The number of amidine groups is 1. The van der Waals surface area contributed by atoms with E-state index in [9.17, 15) is 13.2 Å². The van der Waals surface area contributed by atoms with E-state index >= 15 is 0 Å². The van der Waals surface area contributed by atoms with Crippen LogP contribution in [0.4, 0.5) is 0 Å². The Bertz CT molecular complexity index is 910. The summed E-state index contributed by atoms with van der Waals surface area (Å²) in [5.41, 5.74) is 0.521. The third kappa shape index (κ3) is 6.30. The molecule has 3 rings (SSSR count). The summed E-state index contributed by atoms with van der Waals surface area (Å²) >= 11 is 0. The van der Waals surface area contributed by atoms with E-state index in [-0.39, 0.29) is 22.7 Å². The van der Waals surface area contributed by atoms with Gasteiger partial charge in [0.05, 0.1) is 18.1 Å². The van der Waals surface area contributed by atoms with Gasteiger partial charge in [-0.25, -0.2) is 8.42 Å². The summed E-state index contributed by atoms with van der Waals surface area (Å²) in [7, 11) is -3.63. The van der Waals surface area contributed by atoms with Gasteiger partial charge in [0.2, 0.25) is 5.91 Å². The average molecular weight is 465 g/mol. The normalized spacial score (nSPS) is 21.2. The number of unbranched alkanes of at least 4 members (excludes halogenated alkanes) is 1. The first-order valence-corrected chi connectivity index (χ1v) is 13.1. The second-order valence-electron chi connectivity index (χ2n) is 8.91. The molecule has 178 valence electrons. The van der Waals surface area contributed by atoms with Gasteiger partial charge in [-0.2, -0.15) is 0 Å². The van der Waals surface area contributed by atoms with Crippen LogP contribution in [0, 0.1) is 5.92 Å². The summed E-state index contributed by atoms with van der Waals surface area (Å²) in [6.45, 7) is 10.2. The van der Waals surface area contributed by atoms with Crippen LogP contribution < -0.4 is 10.0 Å². The molecule has 2 heterocycles. The van der Waals surface area contributed by atoms with Crippen molar-refractivity contribution in [3.8, 4) is 0 Å². The highest BCUT2D eigenvalue weighted by Gasteiger charge is 2.32. The topological polar surface area (TPSA) is 100 Å². The molecule has 0 bridgehead atoms. The summed E-state index contributed by atoms with van der Waals surface area (Å²) in [6.07, 6.45) is 3.33. The van der Waals surface area contributed by atoms with Crippen molar-refractivity contribution in [1.29, 1.82) is 0 Å². The molecule has 2 unspecified atom stereocenters. The fourth-order valence-corrected chi connectivity index (χ4v) is 5.46.